The third-order valence-electron chi connectivity index (χ3n) is 4.25. The van der Waals surface area contributed by atoms with Gasteiger partial charge in [-0.3, -0.25) is 9.20 Å². The van der Waals surface area contributed by atoms with Gasteiger partial charge in [-0.15, -0.1) is 0 Å². The topological polar surface area (TPSA) is 67.2 Å². The standard InChI is InChI=1S/C17H22N4O3/c1-4-24-17(23)20-9-7-19(8-10-20)16(22)15-13(3)18-14-11-12(2)5-6-21(14)15/h5-6,11H,4,7-10H2,1-3H3. The highest BCUT2D eigenvalue weighted by molar-refractivity contribution is 5.95. The minimum absolute atomic E-state index is 0.0487. The van der Waals surface area contributed by atoms with E-state index in [1.165, 1.54) is 0 Å². The Morgan fingerprint density at radius 3 is 2.50 bits per heavy atom. The Morgan fingerprint density at radius 1 is 1.17 bits per heavy atom. The van der Waals surface area contributed by atoms with E-state index in [9.17, 15) is 9.59 Å². The van der Waals surface area contributed by atoms with Crippen LogP contribution in [0, 0.1) is 13.8 Å². The number of amides is 2. The third kappa shape index (κ3) is 2.93. The van der Waals surface area contributed by atoms with E-state index < -0.39 is 0 Å². The molecule has 2 aromatic rings. The van der Waals surface area contributed by atoms with Gasteiger partial charge in [0.2, 0.25) is 0 Å². The fourth-order valence-corrected chi connectivity index (χ4v) is 2.98. The summed E-state index contributed by atoms with van der Waals surface area (Å²) in [6.07, 6.45) is 1.57. The highest BCUT2D eigenvalue weighted by Gasteiger charge is 2.28. The van der Waals surface area contributed by atoms with Crippen LogP contribution < -0.4 is 0 Å². The summed E-state index contributed by atoms with van der Waals surface area (Å²) in [5.41, 5.74) is 3.20. The molecule has 0 atom stereocenters. The lowest BCUT2D eigenvalue weighted by atomic mass is 10.2. The molecular weight excluding hydrogens is 308 g/mol. The molecule has 0 saturated carbocycles. The number of carbonyl (C=O) groups is 2. The molecule has 0 aromatic carbocycles. The van der Waals surface area contributed by atoms with Gasteiger partial charge < -0.3 is 14.5 Å². The minimum atomic E-state index is -0.314. The van der Waals surface area contributed by atoms with E-state index in [2.05, 4.69) is 4.98 Å². The Hall–Kier alpha value is -2.57. The summed E-state index contributed by atoms with van der Waals surface area (Å²) < 4.78 is 6.84. The summed E-state index contributed by atoms with van der Waals surface area (Å²) in [6, 6.07) is 3.92. The second kappa shape index (κ2) is 6.51. The maximum absolute atomic E-state index is 12.9. The molecule has 3 heterocycles. The number of carbonyl (C=O) groups excluding carboxylic acids is 2. The molecule has 0 N–H and O–H groups in total. The monoisotopic (exact) mass is 330 g/mol. The number of hydrogen-bond acceptors (Lipinski definition) is 4. The Kier molecular flexibility index (Phi) is 4.42. The maximum Gasteiger partial charge on any atom is 0.409 e. The van der Waals surface area contributed by atoms with Crippen LogP contribution in [0.25, 0.3) is 5.65 Å². The summed E-state index contributed by atoms with van der Waals surface area (Å²) in [4.78, 5) is 32.6. The molecule has 1 fully saturated rings. The first-order chi connectivity index (χ1) is 11.5. The largest absolute Gasteiger partial charge is 0.450 e. The first-order valence-corrected chi connectivity index (χ1v) is 8.17. The van der Waals surface area contributed by atoms with Gasteiger partial charge in [-0.05, 0) is 38.5 Å². The zero-order valence-electron chi connectivity index (χ0n) is 14.3. The number of hydrogen-bond donors (Lipinski definition) is 0. The lowest BCUT2D eigenvalue weighted by Gasteiger charge is -2.34. The molecule has 3 rings (SSSR count). The van der Waals surface area contributed by atoms with Crippen molar-refractivity contribution in [1.29, 1.82) is 0 Å². The molecule has 24 heavy (non-hydrogen) atoms. The van der Waals surface area contributed by atoms with Crippen molar-refractivity contribution < 1.29 is 14.3 Å². The molecule has 0 aliphatic carbocycles. The minimum Gasteiger partial charge on any atom is -0.450 e. The molecule has 0 spiro atoms. The van der Waals surface area contributed by atoms with Crippen LogP contribution in [0.15, 0.2) is 18.3 Å². The normalized spacial score (nSPS) is 15.0. The third-order valence-corrected chi connectivity index (χ3v) is 4.25. The molecule has 1 saturated heterocycles. The quantitative estimate of drug-likeness (QED) is 0.843. The van der Waals surface area contributed by atoms with Crippen LogP contribution in [0.1, 0.15) is 28.7 Å². The van der Waals surface area contributed by atoms with Crippen LogP contribution in [0.5, 0.6) is 0 Å². The maximum atomic E-state index is 12.9. The highest BCUT2D eigenvalue weighted by Crippen LogP contribution is 2.17. The zero-order valence-corrected chi connectivity index (χ0v) is 14.3. The lowest BCUT2D eigenvalue weighted by molar-refractivity contribution is 0.0564. The van der Waals surface area contributed by atoms with Gasteiger partial charge in [0.15, 0.2) is 0 Å². The van der Waals surface area contributed by atoms with Gasteiger partial charge in [0.1, 0.15) is 11.3 Å². The van der Waals surface area contributed by atoms with Crippen LogP contribution in [0.4, 0.5) is 4.79 Å². The fourth-order valence-electron chi connectivity index (χ4n) is 2.98. The van der Waals surface area contributed by atoms with Gasteiger partial charge in [0.25, 0.3) is 5.91 Å². The van der Waals surface area contributed by atoms with Crippen LogP contribution in [-0.2, 0) is 4.74 Å². The predicted octanol–water partition coefficient (Wildman–Crippen LogP) is 1.87. The molecule has 1 aliphatic heterocycles. The number of pyridine rings is 1. The average molecular weight is 330 g/mol. The first-order valence-electron chi connectivity index (χ1n) is 8.17. The molecule has 2 amide bonds. The number of aryl methyl sites for hydroxylation is 2. The van der Waals surface area contributed by atoms with Crippen LogP contribution >= 0.6 is 0 Å². The van der Waals surface area contributed by atoms with Gasteiger partial charge >= 0.3 is 6.09 Å². The first kappa shape index (κ1) is 16.3. The summed E-state index contributed by atoms with van der Waals surface area (Å²) in [6.45, 7) is 7.96. The van der Waals surface area contributed by atoms with Crippen molar-refractivity contribution in [2.24, 2.45) is 0 Å². The van der Waals surface area contributed by atoms with Gasteiger partial charge in [-0.1, -0.05) is 0 Å². The Morgan fingerprint density at radius 2 is 1.83 bits per heavy atom. The summed E-state index contributed by atoms with van der Waals surface area (Å²) in [5.74, 6) is -0.0487. The Bertz CT molecular complexity index is 775. The van der Waals surface area contributed by atoms with Gasteiger partial charge in [-0.2, -0.15) is 0 Å². The summed E-state index contributed by atoms with van der Waals surface area (Å²) in [7, 11) is 0. The summed E-state index contributed by atoms with van der Waals surface area (Å²) >= 11 is 0. The van der Waals surface area contributed by atoms with Crippen molar-refractivity contribution in [3.05, 3.63) is 35.3 Å². The second-order valence-corrected chi connectivity index (χ2v) is 5.96. The molecule has 128 valence electrons. The number of rotatable bonds is 2. The SMILES string of the molecule is CCOC(=O)N1CCN(C(=O)c2c(C)nc3cc(C)ccn23)CC1. The highest BCUT2D eigenvalue weighted by atomic mass is 16.6. The van der Waals surface area contributed by atoms with Crippen molar-refractivity contribution in [3.8, 4) is 0 Å². The summed E-state index contributed by atoms with van der Waals surface area (Å²) in [5, 5.41) is 0. The van der Waals surface area contributed by atoms with Crippen LogP contribution in [0.2, 0.25) is 0 Å². The molecule has 0 radical (unpaired) electrons. The van der Waals surface area contributed by atoms with Crippen molar-refractivity contribution in [3.63, 3.8) is 0 Å². The van der Waals surface area contributed by atoms with E-state index >= 15 is 0 Å². The number of aromatic nitrogens is 2. The van der Waals surface area contributed by atoms with Crippen molar-refractivity contribution in [2.45, 2.75) is 20.8 Å². The van der Waals surface area contributed by atoms with E-state index in [1.54, 1.807) is 16.7 Å². The smallest absolute Gasteiger partial charge is 0.409 e. The Labute approximate surface area is 140 Å². The van der Waals surface area contributed by atoms with Crippen molar-refractivity contribution in [1.82, 2.24) is 19.2 Å². The zero-order chi connectivity index (χ0) is 17.3. The predicted molar refractivity (Wildman–Crippen MR) is 89.2 cm³/mol. The van der Waals surface area contributed by atoms with E-state index in [4.69, 9.17) is 4.74 Å². The molecular formula is C17H22N4O3. The molecule has 1 aliphatic rings. The van der Waals surface area contributed by atoms with Crippen molar-refractivity contribution in [2.75, 3.05) is 32.8 Å². The number of nitrogens with zero attached hydrogens (tertiary/aromatic N) is 4. The van der Waals surface area contributed by atoms with Gasteiger partial charge in [0, 0.05) is 32.4 Å². The molecule has 7 nitrogen and oxygen atoms in total. The van der Waals surface area contributed by atoms with Crippen LogP contribution in [0.3, 0.4) is 0 Å². The number of fused-ring (bicyclic) bond motifs is 1. The van der Waals surface area contributed by atoms with Gasteiger partial charge in [0.05, 0.1) is 12.3 Å². The molecule has 2 aromatic heterocycles. The van der Waals surface area contributed by atoms with Gasteiger partial charge in [-0.25, -0.2) is 9.78 Å². The lowest BCUT2D eigenvalue weighted by Crippen LogP contribution is -2.51. The van der Waals surface area contributed by atoms with E-state index in [0.29, 0.717) is 38.5 Å². The van der Waals surface area contributed by atoms with E-state index in [1.807, 2.05) is 36.6 Å². The fraction of sp³-hybridized carbons (Fsp3) is 0.471. The molecule has 7 heteroatoms. The average Bonchev–Trinajstić information content (AvgIpc) is 2.89. The number of ether oxygens (including phenoxy) is 1. The van der Waals surface area contributed by atoms with E-state index in [0.717, 1.165) is 16.9 Å². The molecule has 0 bridgehead atoms. The van der Waals surface area contributed by atoms with E-state index in [-0.39, 0.29) is 12.0 Å². The van der Waals surface area contributed by atoms with Crippen molar-refractivity contribution >= 4 is 17.6 Å². The number of imidazole rings is 1. The Balaban J connectivity index is 1.77. The van der Waals surface area contributed by atoms with Crippen LogP contribution in [-0.4, -0.2) is 64.0 Å². The molecule has 0 unspecified atom stereocenters. The second-order valence-electron chi connectivity index (χ2n) is 5.96. The number of piperazine rings is 1.